The average molecular weight is 389 g/mol. The molecule has 0 bridgehead atoms. The van der Waals surface area contributed by atoms with Crippen LogP contribution in [0.3, 0.4) is 0 Å². The molecule has 5 nitrogen and oxygen atoms in total. The van der Waals surface area contributed by atoms with E-state index in [9.17, 15) is 9.59 Å². The molecule has 0 saturated carbocycles. The quantitative estimate of drug-likeness (QED) is 0.634. The van der Waals surface area contributed by atoms with Crippen molar-refractivity contribution in [2.75, 3.05) is 18.5 Å². The predicted molar refractivity (Wildman–Crippen MR) is 82.3 cm³/mol. The van der Waals surface area contributed by atoms with E-state index in [-0.39, 0.29) is 17.8 Å². The van der Waals surface area contributed by atoms with Gasteiger partial charge in [-0.3, -0.25) is 9.59 Å². The van der Waals surface area contributed by atoms with Gasteiger partial charge in [0, 0.05) is 15.9 Å². The summed E-state index contributed by atoms with van der Waals surface area (Å²) in [5.74, 6) is -0.949. The molecule has 0 spiro atoms. The van der Waals surface area contributed by atoms with E-state index in [0.29, 0.717) is 25.3 Å². The largest absolute Gasteiger partial charge is 0.452 e. The van der Waals surface area contributed by atoms with Crippen molar-refractivity contribution in [3.63, 3.8) is 0 Å². The van der Waals surface area contributed by atoms with E-state index in [1.807, 2.05) is 12.1 Å². The van der Waals surface area contributed by atoms with E-state index >= 15 is 0 Å². The second kappa shape index (κ2) is 7.03. The van der Waals surface area contributed by atoms with Gasteiger partial charge in [0.2, 0.25) is 0 Å². The highest BCUT2D eigenvalue weighted by atomic mass is 127. The fraction of sp³-hybridized carbons (Fsp3) is 0.429. The van der Waals surface area contributed by atoms with Crippen LogP contribution >= 0.6 is 22.6 Å². The van der Waals surface area contributed by atoms with Crippen LogP contribution in [-0.2, 0) is 19.1 Å². The summed E-state index contributed by atoms with van der Waals surface area (Å²) in [5.41, 5.74) is 0.683. The molecule has 1 amide bonds. The average Bonchev–Trinajstić information content (AvgIpc) is 2.95. The summed E-state index contributed by atoms with van der Waals surface area (Å²) < 4.78 is 11.4. The standard InChI is InChI=1S/C14H16INO4/c1-9(20-14(18)10-6-7-19-8-10)13(17)16-12-4-2-11(15)3-5-12/h2-5,9-10H,6-8H2,1H3,(H,16,17)/t9-,10-/m0/s1. The highest BCUT2D eigenvalue weighted by Crippen LogP contribution is 2.16. The van der Waals surface area contributed by atoms with Crippen LogP contribution < -0.4 is 5.32 Å². The van der Waals surface area contributed by atoms with Gasteiger partial charge in [0.15, 0.2) is 6.10 Å². The van der Waals surface area contributed by atoms with Crippen LogP contribution in [0.2, 0.25) is 0 Å². The molecule has 1 aliphatic rings. The fourth-order valence-corrected chi connectivity index (χ4v) is 2.18. The highest BCUT2D eigenvalue weighted by Gasteiger charge is 2.28. The zero-order valence-electron chi connectivity index (χ0n) is 11.1. The number of nitrogens with one attached hydrogen (secondary N) is 1. The Labute approximate surface area is 131 Å². The van der Waals surface area contributed by atoms with E-state index in [1.165, 1.54) is 0 Å². The Kier molecular flexibility index (Phi) is 5.36. The lowest BCUT2D eigenvalue weighted by atomic mass is 10.1. The molecule has 0 unspecified atom stereocenters. The lowest BCUT2D eigenvalue weighted by Gasteiger charge is -2.15. The van der Waals surface area contributed by atoms with Crippen molar-refractivity contribution in [1.82, 2.24) is 0 Å². The maximum Gasteiger partial charge on any atom is 0.312 e. The summed E-state index contributed by atoms with van der Waals surface area (Å²) >= 11 is 2.19. The normalized spacial score (nSPS) is 19.4. The third kappa shape index (κ3) is 4.17. The molecular weight excluding hydrogens is 373 g/mol. The van der Waals surface area contributed by atoms with Gasteiger partial charge in [0.05, 0.1) is 12.5 Å². The van der Waals surface area contributed by atoms with Crippen LogP contribution in [0.25, 0.3) is 0 Å². The molecule has 108 valence electrons. The van der Waals surface area contributed by atoms with E-state index in [4.69, 9.17) is 9.47 Å². The zero-order chi connectivity index (χ0) is 14.5. The summed E-state index contributed by atoms with van der Waals surface area (Å²) in [4.78, 5) is 23.7. The van der Waals surface area contributed by atoms with Gasteiger partial charge in [-0.25, -0.2) is 0 Å². The number of anilines is 1. The molecule has 2 atom stereocenters. The first-order valence-corrected chi connectivity index (χ1v) is 7.49. The van der Waals surface area contributed by atoms with Crippen molar-refractivity contribution < 1.29 is 19.1 Å². The lowest BCUT2D eigenvalue weighted by Crippen LogP contribution is -2.32. The van der Waals surface area contributed by atoms with Gasteiger partial charge in [-0.1, -0.05) is 0 Å². The highest BCUT2D eigenvalue weighted by molar-refractivity contribution is 14.1. The molecule has 0 aromatic heterocycles. The molecular formula is C14H16INO4. The Balaban J connectivity index is 1.85. The van der Waals surface area contributed by atoms with Crippen LogP contribution in [-0.4, -0.2) is 31.2 Å². The summed E-state index contributed by atoms with van der Waals surface area (Å²) in [5, 5.41) is 2.71. The Morgan fingerprint density at radius 2 is 2.10 bits per heavy atom. The van der Waals surface area contributed by atoms with Gasteiger partial charge in [-0.15, -0.1) is 0 Å². The van der Waals surface area contributed by atoms with Gasteiger partial charge < -0.3 is 14.8 Å². The van der Waals surface area contributed by atoms with E-state index in [1.54, 1.807) is 19.1 Å². The minimum atomic E-state index is -0.817. The van der Waals surface area contributed by atoms with Crippen molar-refractivity contribution in [2.45, 2.75) is 19.4 Å². The van der Waals surface area contributed by atoms with Gasteiger partial charge in [0.25, 0.3) is 5.91 Å². The van der Waals surface area contributed by atoms with Crippen LogP contribution in [0.4, 0.5) is 5.69 Å². The van der Waals surface area contributed by atoms with Gasteiger partial charge in [0.1, 0.15) is 0 Å². The number of halogens is 1. The number of ether oxygens (including phenoxy) is 2. The van der Waals surface area contributed by atoms with Gasteiger partial charge in [-0.2, -0.15) is 0 Å². The molecule has 1 aromatic carbocycles. The third-order valence-corrected chi connectivity index (χ3v) is 3.76. The lowest BCUT2D eigenvalue weighted by molar-refractivity contribution is -0.157. The number of amides is 1. The number of rotatable bonds is 4. The SMILES string of the molecule is C[C@H](OC(=O)[C@H]1CCOC1)C(=O)Nc1ccc(I)cc1. The monoisotopic (exact) mass is 389 g/mol. The van der Waals surface area contributed by atoms with Crippen LogP contribution in [0, 0.1) is 9.49 Å². The minimum Gasteiger partial charge on any atom is -0.452 e. The van der Waals surface area contributed by atoms with Crippen LogP contribution in [0.5, 0.6) is 0 Å². The number of hydrogen-bond acceptors (Lipinski definition) is 4. The molecule has 2 rings (SSSR count). The summed E-state index contributed by atoms with van der Waals surface area (Å²) in [6, 6.07) is 7.39. The van der Waals surface area contributed by atoms with Crippen molar-refractivity contribution in [3.05, 3.63) is 27.8 Å². The van der Waals surface area contributed by atoms with E-state index in [0.717, 1.165) is 3.57 Å². The first-order valence-electron chi connectivity index (χ1n) is 6.41. The zero-order valence-corrected chi connectivity index (χ0v) is 13.3. The Morgan fingerprint density at radius 3 is 2.70 bits per heavy atom. The third-order valence-electron chi connectivity index (χ3n) is 3.04. The maximum atomic E-state index is 11.9. The van der Waals surface area contributed by atoms with Crippen molar-refractivity contribution >= 4 is 40.2 Å². The number of hydrogen-bond donors (Lipinski definition) is 1. The molecule has 0 radical (unpaired) electrons. The molecule has 1 aliphatic heterocycles. The minimum absolute atomic E-state index is 0.247. The molecule has 1 aromatic rings. The molecule has 1 fully saturated rings. The van der Waals surface area contributed by atoms with Crippen molar-refractivity contribution in [1.29, 1.82) is 0 Å². The number of esters is 1. The predicted octanol–water partition coefficient (Wildman–Crippen LogP) is 2.20. The number of benzene rings is 1. The van der Waals surface area contributed by atoms with Crippen LogP contribution in [0.15, 0.2) is 24.3 Å². The molecule has 0 aliphatic carbocycles. The molecule has 6 heteroatoms. The summed E-state index contributed by atoms with van der Waals surface area (Å²) in [6.07, 6.45) is -0.160. The molecule has 1 N–H and O–H groups in total. The Morgan fingerprint density at radius 1 is 1.40 bits per heavy atom. The molecule has 1 heterocycles. The summed E-state index contributed by atoms with van der Waals surface area (Å²) in [7, 11) is 0. The summed E-state index contributed by atoms with van der Waals surface area (Å²) in [6.45, 7) is 2.52. The second-order valence-corrected chi connectivity index (χ2v) is 5.88. The maximum absolute atomic E-state index is 11.9. The number of carbonyl (C=O) groups excluding carboxylic acids is 2. The van der Waals surface area contributed by atoms with Crippen molar-refractivity contribution in [3.8, 4) is 0 Å². The topological polar surface area (TPSA) is 64.6 Å². The van der Waals surface area contributed by atoms with Gasteiger partial charge >= 0.3 is 5.97 Å². The van der Waals surface area contributed by atoms with E-state index < -0.39 is 6.10 Å². The smallest absolute Gasteiger partial charge is 0.312 e. The second-order valence-electron chi connectivity index (χ2n) is 4.64. The number of carbonyl (C=O) groups is 2. The first kappa shape index (κ1) is 15.2. The molecule has 1 saturated heterocycles. The Hall–Kier alpha value is -1.15. The van der Waals surface area contributed by atoms with Crippen LogP contribution in [0.1, 0.15) is 13.3 Å². The first-order chi connectivity index (χ1) is 9.56. The van der Waals surface area contributed by atoms with Crippen molar-refractivity contribution in [2.24, 2.45) is 5.92 Å². The van der Waals surface area contributed by atoms with Gasteiger partial charge in [-0.05, 0) is 60.2 Å². The van der Waals surface area contributed by atoms with E-state index in [2.05, 4.69) is 27.9 Å². The Bertz CT molecular complexity index is 482. The fourth-order valence-electron chi connectivity index (χ4n) is 1.82. The molecule has 20 heavy (non-hydrogen) atoms.